The number of ether oxygens (including phenoxy) is 5. The van der Waals surface area contributed by atoms with Gasteiger partial charge in [0.05, 0.1) is 47.0 Å². The third-order valence-corrected chi connectivity index (χ3v) is 11.0. The maximum absolute atomic E-state index is 14.2. The molecule has 0 saturated carbocycles. The van der Waals surface area contributed by atoms with E-state index in [1.54, 1.807) is 24.3 Å². The first-order chi connectivity index (χ1) is 23.8. The topological polar surface area (TPSA) is 157 Å². The zero-order valence-corrected chi connectivity index (χ0v) is 28.5. The number of nitrogens with zero attached hydrogens (tertiary/aromatic N) is 3. The van der Waals surface area contributed by atoms with Gasteiger partial charge in [-0.15, -0.1) is 11.3 Å². The van der Waals surface area contributed by atoms with Gasteiger partial charge in [-0.2, -0.15) is 4.31 Å². The molecule has 0 aliphatic carbocycles. The standard InChI is InChI=1S/C33H41N3O10S2/c1-20(2)14-35(48(40,41)25-8-9-30-31(13-25)46-19-45-30)15-29(37)27(36(33(38)39)28-17-44-32-26(28)10-11-42-32)12-22-4-6-24(7-5-22)43-16-23-18-47-21(3)34-23/h4-9,13,18,20,26-29,32,37H,10-12,14-17,19H2,1-3H3,(H,38,39)/t26-,27-,28-,29+,32+/m0/s1/i14D2. The lowest BCUT2D eigenvalue weighted by molar-refractivity contribution is -0.0906. The summed E-state index contributed by atoms with van der Waals surface area (Å²) in [6, 6.07) is 9.04. The van der Waals surface area contributed by atoms with Crippen molar-refractivity contribution >= 4 is 27.5 Å². The highest BCUT2D eigenvalue weighted by atomic mass is 32.2. The van der Waals surface area contributed by atoms with E-state index < -0.39 is 59.6 Å². The van der Waals surface area contributed by atoms with Gasteiger partial charge in [0.2, 0.25) is 16.8 Å². The van der Waals surface area contributed by atoms with Gasteiger partial charge in [-0.3, -0.25) is 4.90 Å². The van der Waals surface area contributed by atoms with E-state index in [9.17, 15) is 23.4 Å². The third kappa shape index (κ3) is 7.56. The number of aryl methyl sites for hydroxylation is 1. The van der Waals surface area contributed by atoms with Crippen LogP contribution in [0.2, 0.25) is 0 Å². The maximum Gasteiger partial charge on any atom is 0.407 e. The zero-order chi connectivity index (χ0) is 35.8. The number of aliphatic hydroxyl groups excluding tert-OH is 1. The molecule has 0 unspecified atom stereocenters. The smallest absolute Gasteiger partial charge is 0.407 e. The number of carboxylic acid groups (broad SMARTS) is 1. The van der Waals surface area contributed by atoms with Gasteiger partial charge in [-0.05, 0) is 55.5 Å². The van der Waals surface area contributed by atoms with Crippen LogP contribution in [0.5, 0.6) is 17.2 Å². The lowest BCUT2D eigenvalue weighted by atomic mass is 9.93. The average Bonchev–Trinajstić information content (AvgIpc) is 3.89. The Hall–Kier alpha value is -3.47. The average molecular weight is 706 g/mol. The number of aromatic nitrogens is 1. The van der Waals surface area contributed by atoms with Crippen molar-refractivity contribution < 1.29 is 49.9 Å². The number of thiazole rings is 1. The SMILES string of the molecule is [2H]C([2H])(C(C)C)N(C[C@@H](O)[C@H](Cc1ccc(OCc2csc(C)n2)cc1)N(C(=O)O)[C@H]1CO[C@H]2OCC[C@H]21)S(=O)(=O)c1ccc2c(c1)OCO2. The molecule has 3 aromatic rings. The molecule has 4 heterocycles. The Kier molecular flexibility index (Phi) is 9.64. The van der Waals surface area contributed by atoms with Crippen LogP contribution in [0.1, 0.15) is 39.3 Å². The lowest BCUT2D eigenvalue weighted by Crippen LogP contribution is -2.57. The van der Waals surface area contributed by atoms with Crippen molar-refractivity contribution in [1.29, 1.82) is 0 Å². The molecule has 1 aromatic heterocycles. The van der Waals surface area contributed by atoms with Gasteiger partial charge in [0, 0.05) is 33.1 Å². The molecular weight excluding hydrogens is 663 g/mol. The second-order valence-corrected chi connectivity index (χ2v) is 15.2. The fourth-order valence-electron chi connectivity index (χ4n) is 6.24. The molecule has 3 aliphatic rings. The van der Waals surface area contributed by atoms with Crippen molar-refractivity contribution in [1.82, 2.24) is 14.2 Å². The number of hydrogen-bond acceptors (Lipinski definition) is 11. The molecule has 2 saturated heterocycles. The Morgan fingerprint density at radius 3 is 2.65 bits per heavy atom. The van der Waals surface area contributed by atoms with Crippen molar-refractivity contribution in [2.75, 3.05) is 33.0 Å². The molecule has 1 amide bonds. The van der Waals surface area contributed by atoms with E-state index in [4.69, 9.17) is 26.4 Å². The quantitative estimate of drug-likeness (QED) is 0.249. The molecule has 48 heavy (non-hydrogen) atoms. The van der Waals surface area contributed by atoms with E-state index in [2.05, 4.69) is 4.98 Å². The fourth-order valence-corrected chi connectivity index (χ4v) is 8.28. The lowest BCUT2D eigenvalue weighted by Gasteiger charge is -2.39. The summed E-state index contributed by atoms with van der Waals surface area (Å²) in [7, 11) is -4.61. The van der Waals surface area contributed by atoms with Crippen molar-refractivity contribution in [2.24, 2.45) is 11.8 Å². The number of amides is 1. The van der Waals surface area contributed by atoms with Gasteiger partial charge in [0.25, 0.3) is 0 Å². The van der Waals surface area contributed by atoms with Gasteiger partial charge < -0.3 is 33.9 Å². The van der Waals surface area contributed by atoms with E-state index in [-0.39, 0.29) is 43.0 Å². The number of fused-ring (bicyclic) bond motifs is 2. The van der Waals surface area contributed by atoms with Crippen LogP contribution in [0.15, 0.2) is 52.7 Å². The fraction of sp³-hybridized carbons (Fsp3) is 0.515. The van der Waals surface area contributed by atoms with Gasteiger partial charge in [0.1, 0.15) is 12.4 Å². The summed E-state index contributed by atoms with van der Waals surface area (Å²) in [6.45, 7) is 2.36. The van der Waals surface area contributed by atoms with E-state index in [1.807, 2.05) is 12.3 Å². The summed E-state index contributed by atoms with van der Waals surface area (Å²) in [4.78, 5) is 18.3. The second kappa shape index (κ2) is 14.6. The summed E-state index contributed by atoms with van der Waals surface area (Å²) in [5.41, 5.74) is 1.44. The largest absolute Gasteiger partial charge is 0.487 e. The van der Waals surface area contributed by atoms with E-state index in [1.165, 1.54) is 43.4 Å². The minimum Gasteiger partial charge on any atom is -0.487 e. The Bertz CT molecular complexity index is 1780. The highest BCUT2D eigenvalue weighted by Gasteiger charge is 2.49. The van der Waals surface area contributed by atoms with E-state index >= 15 is 0 Å². The number of sulfonamides is 1. The van der Waals surface area contributed by atoms with Crippen LogP contribution >= 0.6 is 11.3 Å². The Labute approximate surface area is 286 Å². The summed E-state index contributed by atoms with van der Waals surface area (Å²) >= 11 is 1.52. The van der Waals surface area contributed by atoms with Gasteiger partial charge in [-0.1, -0.05) is 26.0 Å². The molecular formula is C33H41N3O10S2. The van der Waals surface area contributed by atoms with Crippen molar-refractivity contribution in [3.8, 4) is 17.2 Å². The zero-order valence-electron chi connectivity index (χ0n) is 28.9. The predicted molar refractivity (Wildman–Crippen MR) is 175 cm³/mol. The number of benzene rings is 2. The molecule has 13 nitrogen and oxygen atoms in total. The number of aliphatic hydroxyl groups is 1. The van der Waals surface area contributed by atoms with E-state index in [0.717, 1.165) is 15.6 Å². The molecule has 260 valence electrons. The van der Waals surface area contributed by atoms with Crippen LogP contribution in [0.4, 0.5) is 4.79 Å². The Balaban J connectivity index is 1.31. The van der Waals surface area contributed by atoms with Gasteiger partial charge in [0.15, 0.2) is 17.8 Å². The first-order valence-electron chi connectivity index (χ1n) is 16.7. The van der Waals surface area contributed by atoms with Crippen molar-refractivity contribution in [2.45, 2.75) is 69.6 Å². The summed E-state index contributed by atoms with van der Waals surface area (Å²) < 4.78 is 74.8. The van der Waals surface area contributed by atoms with Crippen LogP contribution < -0.4 is 14.2 Å². The Morgan fingerprint density at radius 2 is 1.94 bits per heavy atom. The minimum absolute atomic E-state index is 0.0175. The van der Waals surface area contributed by atoms with Gasteiger partial charge >= 0.3 is 6.09 Å². The van der Waals surface area contributed by atoms with Crippen LogP contribution in [0, 0.1) is 18.8 Å². The highest BCUT2D eigenvalue weighted by molar-refractivity contribution is 7.89. The number of hydrogen-bond donors (Lipinski definition) is 2. The number of carbonyl (C=O) groups is 1. The minimum atomic E-state index is -4.61. The predicted octanol–water partition coefficient (Wildman–Crippen LogP) is 4.12. The monoisotopic (exact) mass is 705 g/mol. The number of rotatable bonds is 14. The molecule has 2 fully saturated rings. The summed E-state index contributed by atoms with van der Waals surface area (Å²) in [5.74, 6) is -0.0280. The van der Waals surface area contributed by atoms with Crippen LogP contribution in [-0.2, 0) is 32.5 Å². The summed E-state index contributed by atoms with van der Waals surface area (Å²) in [6.07, 6.45) is -3.06. The maximum atomic E-state index is 14.2. The van der Waals surface area contributed by atoms with Crippen LogP contribution in [0.25, 0.3) is 0 Å². The molecule has 2 aromatic carbocycles. The molecule has 0 bridgehead atoms. The first kappa shape index (κ1) is 31.8. The van der Waals surface area contributed by atoms with E-state index in [0.29, 0.717) is 34.4 Å². The molecule has 6 rings (SSSR count). The third-order valence-electron chi connectivity index (χ3n) is 8.50. The second-order valence-electron chi connectivity index (χ2n) is 12.2. The van der Waals surface area contributed by atoms with Crippen LogP contribution in [0.3, 0.4) is 0 Å². The van der Waals surface area contributed by atoms with Crippen molar-refractivity contribution in [3.05, 3.63) is 64.1 Å². The first-order valence-corrected chi connectivity index (χ1v) is 18.1. The molecule has 2 N–H and O–H groups in total. The summed E-state index contributed by atoms with van der Waals surface area (Å²) in [5, 5.41) is 25.5. The molecule has 0 spiro atoms. The van der Waals surface area contributed by atoms with Crippen molar-refractivity contribution in [3.63, 3.8) is 0 Å². The molecule has 0 radical (unpaired) electrons. The molecule has 5 atom stereocenters. The highest BCUT2D eigenvalue weighted by Crippen LogP contribution is 2.37. The molecule has 15 heteroatoms. The van der Waals surface area contributed by atoms with Crippen LogP contribution in [-0.4, -0.2) is 96.4 Å². The normalized spacial score (nSPS) is 22.3. The Morgan fingerprint density at radius 1 is 1.17 bits per heavy atom. The van der Waals surface area contributed by atoms with Gasteiger partial charge in [-0.25, -0.2) is 18.2 Å². The molecule has 3 aliphatic heterocycles.